The zero-order valence-electron chi connectivity index (χ0n) is 24.9. The van der Waals surface area contributed by atoms with Crippen molar-refractivity contribution >= 4 is 63.0 Å². The molecule has 7 heterocycles. The standard InChI is InChI=1S/C24H28FN10O10PS2/c1-10(2)20(36)32-24-31-19-16(21(37)33-24)29-9-35(19)22-13-3-11(42-22)6-41-46(38,47)44-17-14(5-30-48(39,40)45-13)43-23(15(17)25)34-8-28-12-4-26-7-27-18(12)34/h4,7-11,13-15,17,22-23,30H,3,5-6H2,1-2H3,(H,38,47)(H2,31,32,33,36,37)/t11-,13+,14+,15+,17+,22+,23+,46?/m0/s1. The topological polar surface area (TPSA) is 249 Å². The Balaban J connectivity index is 1.17. The number of anilines is 1. The van der Waals surface area contributed by atoms with E-state index in [0.29, 0.717) is 5.52 Å². The third-order valence-electron chi connectivity index (χ3n) is 7.79. The SMILES string of the molecule is CC(C)C(=O)Nc1nc2c(ncn2[C@@H]2O[C@@H]3COP(O)(=S)O[C@H]4[C@@H](F)[C@H](n5cnc6cncnc65)O[C@@H]4CNS(=O)(=O)O[C@@H]2C3)c(=O)[nH]1. The summed E-state index contributed by atoms with van der Waals surface area (Å²) < 4.78 is 75.9. The molecular weight excluding hydrogens is 702 g/mol. The molecule has 0 spiro atoms. The Hall–Kier alpha value is -3.38. The van der Waals surface area contributed by atoms with Crippen LogP contribution >= 0.6 is 6.72 Å². The Morgan fingerprint density at radius 3 is 2.73 bits per heavy atom. The summed E-state index contributed by atoms with van der Waals surface area (Å²) in [6, 6.07) is 0. The van der Waals surface area contributed by atoms with Crippen LogP contribution in [0.15, 0.2) is 30.0 Å². The molecule has 3 aliphatic rings. The first-order valence-corrected chi connectivity index (χ1v) is 18.5. The van der Waals surface area contributed by atoms with Crippen molar-refractivity contribution in [1.82, 2.24) is 43.8 Å². The van der Waals surface area contributed by atoms with Gasteiger partial charge >= 0.3 is 17.0 Å². The maximum atomic E-state index is 16.0. The van der Waals surface area contributed by atoms with Gasteiger partial charge < -0.3 is 18.9 Å². The van der Waals surface area contributed by atoms with Gasteiger partial charge in [-0.1, -0.05) is 13.8 Å². The summed E-state index contributed by atoms with van der Waals surface area (Å²) in [5, 5.41) is 2.50. The zero-order valence-corrected chi connectivity index (χ0v) is 27.5. The third kappa shape index (κ3) is 6.37. The Bertz CT molecular complexity index is 2100. The number of amides is 1. The molecule has 0 radical (unpaired) electrons. The summed E-state index contributed by atoms with van der Waals surface area (Å²) in [5.41, 5.74) is -0.235. The molecule has 8 atom stereocenters. The van der Waals surface area contributed by atoms with E-state index in [9.17, 15) is 22.9 Å². The minimum Gasteiger partial charge on any atom is -0.349 e. The molecule has 0 aliphatic carbocycles. The number of nitrogens with zero attached hydrogens (tertiary/aromatic N) is 7. The number of fused-ring (bicyclic) bond motifs is 5. The van der Waals surface area contributed by atoms with Crippen LogP contribution in [0, 0.1) is 5.92 Å². The molecule has 4 N–H and O–H groups in total. The lowest BCUT2D eigenvalue weighted by Gasteiger charge is -2.26. The van der Waals surface area contributed by atoms with Crippen molar-refractivity contribution in [2.24, 2.45) is 5.92 Å². The number of carbonyl (C=O) groups excluding carboxylic acids is 1. The van der Waals surface area contributed by atoms with Gasteiger partial charge in [0, 0.05) is 18.9 Å². The van der Waals surface area contributed by atoms with E-state index in [4.69, 9.17) is 34.5 Å². The number of aromatic nitrogens is 8. The van der Waals surface area contributed by atoms with Crippen LogP contribution in [-0.2, 0) is 49.6 Å². The largest absolute Gasteiger partial charge is 0.349 e. The lowest BCUT2D eigenvalue weighted by atomic mass is 10.1. The molecule has 4 aromatic heterocycles. The molecule has 3 saturated heterocycles. The van der Waals surface area contributed by atoms with E-state index in [1.54, 1.807) is 13.8 Å². The number of alkyl halides is 1. The minimum absolute atomic E-state index is 0.0421. The number of ether oxygens (including phenoxy) is 2. The van der Waals surface area contributed by atoms with Crippen LogP contribution in [0.25, 0.3) is 22.3 Å². The van der Waals surface area contributed by atoms with Crippen LogP contribution in [0.2, 0.25) is 0 Å². The van der Waals surface area contributed by atoms with E-state index in [1.807, 2.05) is 0 Å². The number of nitrogens with one attached hydrogen (secondary N) is 3. The maximum Gasteiger partial charge on any atom is 0.336 e. The van der Waals surface area contributed by atoms with Crippen molar-refractivity contribution in [2.75, 3.05) is 18.5 Å². The molecule has 3 aliphatic heterocycles. The predicted molar refractivity (Wildman–Crippen MR) is 163 cm³/mol. The van der Waals surface area contributed by atoms with Crippen molar-refractivity contribution in [3.63, 3.8) is 0 Å². The first-order chi connectivity index (χ1) is 22.8. The summed E-state index contributed by atoms with van der Waals surface area (Å²) >= 11 is 5.20. The lowest BCUT2D eigenvalue weighted by Crippen LogP contribution is -2.42. The molecule has 20 nitrogen and oxygen atoms in total. The second-order valence-electron chi connectivity index (χ2n) is 11.4. The number of halogens is 1. The first-order valence-electron chi connectivity index (χ1n) is 14.5. The van der Waals surface area contributed by atoms with Crippen molar-refractivity contribution in [1.29, 1.82) is 0 Å². The molecule has 7 rings (SSSR count). The van der Waals surface area contributed by atoms with Gasteiger partial charge in [0.25, 0.3) is 5.56 Å². The van der Waals surface area contributed by atoms with Crippen molar-refractivity contribution in [3.8, 4) is 0 Å². The van der Waals surface area contributed by atoms with Gasteiger partial charge in [-0.25, -0.2) is 28.5 Å². The molecule has 1 unspecified atom stereocenters. The molecule has 3 fully saturated rings. The summed E-state index contributed by atoms with van der Waals surface area (Å²) in [6.07, 6.45) is -4.64. The fraction of sp³-hybridized carbons (Fsp3) is 0.542. The number of rotatable bonds is 4. The highest BCUT2D eigenvalue weighted by Gasteiger charge is 2.51. The van der Waals surface area contributed by atoms with E-state index in [1.165, 1.54) is 34.3 Å². The Morgan fingerprint density at radius 2 is 1.94 bits per heavy atom. The van der Waals surface area contributed by atoms with Gasteiger partial charge in [0.1, 0.15) is 30.2 Å². The van der Waals surface area contributed by atoms with Crippen LogP contribution in [-0.4, -0.2) is 102 Å². The molecule has 1 amide bonds. The van der Waals surface area contributed by atoms with E-state index in [2.05, 4.69) is 39.9 Å². The molecule has 24 heteroatoms. The van der Waals surface area contributed by atoms with E-state index in [0.717, 1.165) is 0 Å². The van der Waals surface area contributed by atoms with Gasteiger partial charge in [-0.15, -0.1) is 0 Å². The quantitative estimate of drug-likeness (QED) is 0.201. The van der Waals surface area contributed by atoms with Gasteiger partial charge in [0.05, 0.1) is 31.6 Å². The normalized spacial score (nSPS) is 32.5. The minimum atomic E-state index is -4.59. The zero-order chi connectivity index (χ0) is 34.0. The average molecular weight is 731 g/mol. The molecule has 0 aromatic carbocycles. The second kappa shape index (κ2) is 12.5. The number of H-pyrrole nitrogens is 1. The number of hydrogen-bond acceptors (Lipinski definition) is 15. The smallest absolute Gasteiger partial charge is 0.336 e. The highest BCUT2D eigenvalue weighted by molar-refractivity contribution is 8.07. The monoisotopic (exact) mass is 730 g/mol. The molecule has 2 bridgehead atoms. The van der Waals surface area contributed by atoms with Crippen molar-refractivity contribution in [2.45, 2.75) is 63.3 Å². The second-order valence-corrected chi connectivity index (χ2v) is 15.6. The van der Waals surface area contributed by atoms with Crippen LogP contribution in [0.3, 0.4) is 0 Å². The highest BCUT2D eigenvalue weighted by atomic mass is 32.5. The highest BCUT2D eigenvalue weighted by Crippen LogP contribution is 2.50. The maximum absolute atomic E-state index is 16.0. The number of aromatic amines is 1. The van der Waals surface area contributed by atoms with E-state index >= 15 is 4.39 Å². The fourth-order valence-electron chi connectivity index (χ4n) is 5.51. The number of hydrogen-bond donors (Lipinski definition) is 4. The van der Waals surface area contributed by atoms with Crippen molar-refractivity contribution in [3.05, 3.63) is 35.5 Å². The van der Waals surface area contributed by atoms with Crippen molar-refractivity contribution < 1.29 is 45.2 Å². The van der Waals surface area contributed by atoms with Crippen LogP contribution in [0.4, 0.5) is 10.3 Å². The lowest BCUT2D eigenvalue weighted by molar-refractivity contribution is -0.118. The van der Waals surface area contributed by atoms with Gasteiger partial charge in [0.15, 0.2) is 35.4 Å². The Kier molecular flexibility index (Phi) is 8.63. The summed E-state index contributed by atoms with van der Waals surface area (Å²) in [6.45, 7) is -1.84. The van der Waals surface area contributed by atoms with Gasteiger partial charge in [-0.3, -0.25) is 33.5 Å². The van der Waals surface area contributed by atoms with Gasteiger partial charge in [-0.05, 0) is 11.8 Å². The van der Waals surface area contributed by atoms with E-state index in [-0.39, 0.29) is 29.2 Å². The Labute approximate surface area is 274 Å². The number of carbonyl (C=O) groups is 1. The molecule has 4 aromatic rings. The summed E-state index contributed by atoms with van der Waals surface area (Å²) in [4.78, 5) is 58.9. The van der Waals surface area contributed by atoms with Gasteiger partial charge in [0.2, 0.25) is 11.9 Å². The molecular formula is C24H28FN10O10PS2. The summed E-state index contributed by atoms with van der Waals surface area (Å²) in [7, 11) is -4.59. The van der Waals surface area contributed by atoms with Crippen LogP contribution in [0.1, 0.15) is 32.7 Å². The summed E-state index contributed by atoms with van der Waals surface area (Å²) in [5.74, 6) is -0.991. The molecule has 48 heavy (non-hydrogen) atoms. The molecule has 258 valence electrons. The molecule has 0 saturated carbocycles. The first kappa shape index (κ1) is 33.1. The average Bonchev–Trinajstić information content (AvgIpc) is 3.80. The van der Waals surface area contributed by atoms with Gasteiger partial charge in [-0.2, -0.15) is 18.1 Å². The van der Waals surface area contributed by atoms with E-state index < -0.39 is 90.6 Å². The third-order valence-corrected chi connectivity index (χ3v) is 10.4. The fourth-order valence-corrected chi connectivity index (χ4v) is 7.90. The van der Waals surface area contributed by atoms with Crippen LogP contribution < -0.4 is 15.6 Å². The Morgan fingerprint density at radius 1 is 1.17 bits per heavy atom. The van der Waals surface area contributed by atoms with Crippen LogP contribution in [0.5, 0.6) is 0 Å². The predicted octanol–water partition coefficient (Wildman–Crippen LogP) is -0.0712. The number of imidazole rings is 2.